The van der Waals surface area contributed by atoms with E-state index in [-0.39, 0.29) is 12.7 Å². The van der Waals surface area contributed by atoms with Gasteiger partial charge in [-0.3, -0.25) is 0 Å². The average molecular weight is 244 g/mol. The van der Waals surface area contributed by atoms with Gasteiger partial charge in [-0.2, -0.15) is 0 Å². The van der Waals surface area contributed by atoms with Crippen LogP contribution in [0.3, 0.4) is 0 Å². The maximum Gasteiger partial charge on any atom is 0.0629 e. The Morgan fingerprint density at radius 3 is 2.44 bits per heavy atom. The van der Waals surface area contributed by atoms with E-state index in [1.54, 1.807) is 0 Å². The van der Waals surface area contributed by atoms with Crippen LogP contribution >= 0.6 is 22.6 Å². The molecule has 0 bridgehead atoms. The van der Waals surface area contributed by atoms with Crippen LogP contribution in [-0.4, -0.2) is 27.4 Å². The summed E-state index contributed by atoms with van der Waals surface area (Å²) < 4.78 is 0.795. The number of aliphatic hydroxyl groups excluding tert-OH is 2. The smallest absolute Gasteiger partial charge is 0.0629 e. The van der Waals surface area contributed by atoms with Gasteiger partial charge in [0, 0.05) is 11.0 Å². The van der Waals surface area contributed by atoms with Crippen molar-refractivity contribution in [1.29, 1.82) is 0 Å². The fraction of sp³-hybridized carbons (Fsp3) is 1.00. The number of unbranched alkanes of at least 4 members (excludes halogenated alkanes) is 1. The largest absolute Gasteiger partial charge is 0.396 e. The molecule has 0 aromatic heterocycles. The minimum absolute atomic E-state index is 0.169. The minimum atomic E-state index is -0.169. The summed E-state index contributed by atoms with van der Waals surface area (Å²) in [6.45, 7) is 0.244. The van der Waals surface area contributed by atoms with Crippen molar-refractivity contribution in [3.8, 4) is 0 Å². The highest BCUT2D eigenvalue weighted by Crippen LogP contribution is 2.02. The number of rotatable bonds is 5. The van der Waals surface area contributed by atoms with Crippen molar-refractivity contribution in [2.24, 2.45) is 0 Å². The van der Waals surface area contributed by atoms with Gasteiger partial charge in [0.15, 0.2) is 0 Å². The van der Waals surface area contributed by atoms with E-state index in [0.29, 0.717) is 0 Å². The van der Waals surface area contributed by atoms with Gasteiger partial charge in [-0.1, -0.05) is 22.6 Å². The lowest BCUT2D eigenvalue weighted by Crippen LogP contribution is -2.07. The van der Waals surface area contributed by atoms with E-state index in [1.807, 2.05) is 0 Å². The third kappa shape index (κ3) is 6.54. The van der Waals surface area contributed by atoms with Gasteiger partial charge in [0.25, 0.3) is 0 Å². The first-order valence-corrected chi connectivity index (χ1v) is 4.68. The summed E-state index contributed by atoms with van der Waals surface area (Å²) in [5.41, 5.74) is 0. The molecule has 0 spiro atoms. The molecule has 9 heavy (non-hydrogen) atoms. The van der Waals surface area contributed by atoms with Crippen LogP contribution in [0.2, 0.25) is 0 Å². The molecule has 0 aliphatic rings. The Bertz CT molecular complexity index is 59.0. The Balaban J connectivity index is 2.88. The van der Waals surface area contributed by atoms with Crippen molar-refractivity contribution in [3.63, 3.8) is 0 Å². The second-order valence-corrected chi connectivity index (χ2v) is 2.91. The van der Waals surface area contributed by atoms with Crippen molar-refractivity contribution >= 4 is 22.6 Å². The molecule has 0 saturated heterocycles. The van der Waals surface area contributed by atoms with Crippen LogP contribution in [0.1, 0.15) is 19.3 Å². The molecule has 1 unspecified atom stereocenters. The number of hydrogen-bond acceptors (Lipinski definition) is 2. The van der Waals surface area contributed by atoms with Crippen molar-refractivity contribution in [2.75, 3.05) is 11.0 Å². The SMILES string of the molecule is OCCCCC(O)CI. The lowest BCUT2D eigenvalue weighted by atomic mass is 10.2. The lowest BCUT2D eigenvalue weighted by Gasteiger charge is -2.03. The van der Waals surface area contributed by atoms with Gasteiger partial charge >= 0.3 is 0 Å². The number of aliphatic hydroxyl groups is 2. The maximum absolute atomic E-state index is 9.00. The molecule has 1 atom stereocenters. The molecule has 0 radical (unpaired) electrons. The van der Waals surface area contributed by atoms with Crippen molar-refractivity contribution < 1.29 is 10.2 Å². The summed E-state index contributed by atoms with van der Waals surface area (Å²) in [5, 5.41) is 17.4. The van der Waals surface area contributed by atoms with Gasteiger partial charge in [-0.15, -0.1) is 0 Å². The third-order valence-electron chi connectivity index (χ3n) is 1.12. The summed E-state index contributed by atoms with van der Waals surface area (Å²) in [6.07, 6.45) is 2.40. The lowest BCUT2D eigenvalue weighted by molar-refractivity contribution is 0.182. The summed E-state index contributed by atoms with van der Waals surface area (Å²) >= 11 is 2.15. The Hall–Kier alpha value is 0.650. The molecule has 0 aromatic carbocycles. The monoisotopic (exact) mass is 244 g/mol. The number of halogens is 1. The van der Waals surface area contributed by atoms with E-state index < -0.39 is 0 Å². The molecular weight excluding hydrogens is 231 g/mol. The molecule has 0 saturated carbocycles. The second-order valence-electron chi connectivity index (χ2n) is 2.03. The van der Waals surface area contributed by atoms with Crippen LogP contribution in [0.5, 0.6) is 0 Å². The molecule has 2 N–H and O–H groups in total. The number of hydrogen-bond donors (Lipinski definition) is 2. The van der Waals surface area contributed by atoms with E-state index in [0.717, 1.165) is 23.7 Å². The molecule has 0 amide bonds. The minimum Gasteiger partial charge on any atom is -0.396 e. The average Bonchev–Trinajstić information content (AvgIpc) is 1.89. The van der Waals surface area contributed by atoms with Crippen molar-refractivity contribution in [2.45, 2.75) is 25.4 Å². The predicted molar refractivity (Wildman–Crippen MR) is 45.8 cm³/mol. The van der Waals surface area contributed by atoms with Crippen molar-refractivity contribution in [3.05, 3.63) is 0 Å². The molecule has 0 rings (SSSR count). The zero-order valence-corrected chi connectivity index (χ0v) is 7.54. The van der Waals surface area contributed by atoms with Crippen LogP contribution in [-0.2, 0) is 0 Å². The molecule has 56 valence electrons. The molecule has 3 heteroatoms. The normalized spacial score (nSPS) is 13.7. The van der Waals surface area contributed by atoms with E-state index in [2.05, 4.69) is 22.6 Å². The Morgan fingerprint density at radius 1 is 1.33 bits per heavy atom. The number of alkyl halides is 1. The van der Waals surface area contributed by atoms with E-state index in [4.69, 9.17) is 10.2 Å². The molecule has 2 nitrogen and oxygen atoms in total. The van der Waals surface area contributed by atoms with Gasteiger partial charge in [-0.05, 0) is 19.3 Å². The summed E-state index contributed by atoms with van der Waals surface area (Å²) in [5.74, 6) is 0. The van der Waals surface area contributed by atoms with Gasteiger partial charge in [-0.25, -0.2) is 0 Å². The molecule has 0 aromatic rings. The van der Waals surface area contributed by atoms with Crippen molar-refractivity contribution in [1.82, 2.24) is 0 Å². The summed E-state index contributed by atoms with van der Waals surface area (Å²) in [7, 11) is 0. The molecule has 0 aliphatic heterocycles. The first-order chi connectivity index (χ1) is 4.31. The molecule has 0 heterocycles. The highest BCUT2D eigenvalue weighted by atomic mass is 127. The van der Waals surface area contributed by atoms with Gasteiger partial charge in [0.05, 0.1) is 6.10 Å². The van der Waals surface area contributed by atoms with E-state index in [1.165, 1.54) is 0 Å². The van der Waals surface area contributed by atoms with Gasteiger partial charge in [0.2, 0.25) is 0 Å². The molecular formula is C6H13IO2. The standard InChI is InChI=1S/C6H13IO2/c7-5-6(9)3-1-2-4-8/h6,8-9H,1-5H2. The zero-order chi connectivity index (χ0) is 7.11. The highest BCUT2D eigenvalue weighted by Gasteiger charge is 1.98. The van der Waals surface area contributed by atoms with Crippen LogP contribution in [0, 0.1) is 0 Å². The first-order valence-electron chi connectivity index (χ1n) is 3.16. The molecule has 0 aliphatic carbocycles. The Morgan fingerprint density at radius 2 is 2.00 bits per heavy atom. The predicted octanol–water partition coefficient (Wildman–Crippen LogP) is 0.945. The van der Waals surface area contributed by atoms with E-state index in [9.17, 15) is 0 Å². The highest BCUT2D eigenvalue weighted by molar-refractivity contribution is 14.1. The Labute approximate surface area is 69.4 Å². The fourth-order valence-corrected chi connectivity index (χ4v) is 1.01. The van der Waals surface area contributed by atoms with Crippen LogP contribution in [0.4, 0.5) is 0 Å². The second kappa shape index (κ2) is 6.77. The maximum atomic E-state index is 9.00. The Kier molecular flexibility index (Phi) is 7.25. The quantitative estimate of drug-likeness (QED) is 0.429. The molecule has 0 fully saturated rings. The summed E-state index contributed by atoms with van der Waals surface area (Å²) in [4.78, 5) is 0. The summed E-state index contributed by atoms with van der Waals surface area (Å²) in [6, 6.07) is 0. The van der Waals surface area contributed by atoms with Crippen LogP contribution in [0.15, 0.2) is 0 Å². The van der Waals surface area contributed by atoms with E-state index >= 15 is 0 Å². The van der Waals surface area contributed by atoms with Crippen LogP contribution < -0.4 is 0 Å². The topological polar surface area (TPSA) is 40.5 Å². The zero-order valence-electron chi connectivity index (χ0n) is 5.39. The fourth-order valence-electron chi connectivity index (χ4n) is 0.569. The first kappa shape index (κ1) is 9.65. The van der Waals surface area contributed by atoms with Gasteiger partial charge in [0.1, 0.15) is 0 Å². The van der Waals surface area contributed by atoms with Crippen LogP contribution in [0.25, 0.3) is 0 Å². The third-order valence-corrected chi connectivity index (χ3v) is 2.14. The van der Waals surface area contributed by atoms with Gasteiger partial charge < -0.3 is 10.2 Å².